The summed E-state index contributed by atoms with van der Waals surface area (Å²) in [7, 11) is 0. The third kappa shape index (κ3) is 1.12. The van der Waals surface area contributed by atoms with E-state index in [1.165, 1.54) is 31.5 Å². The second kappa shape index (κ2) is 2.83. The number of fused-ring (bicyclic) bond motifs is 1. The van der Waals surface area contributed by atoms with E-state index >= 15 is 0 Å². The molecule has 0 bridgehead atoms. The molecule has 0 amide bonds. The third-order valence-corrected chi connectivity index (χ3v) is 4.00. The zero-order valence-electron chi connectivity index (χ0n) is 8.72. The average Bonchev–Trinajstić information content (AvgIpc) is 2.94. The van der Waals surface area contributed by atoms with Crippen LogP contribution in [0.1, 0.15) is 24.0 Å². The van der Waals surface area contributed by atoms with E-state index in [0.29, 0.717) is 5.41 Å². The van der Waals surface area contributed by atoms with Crippen molar-refractivity contribution in [3.63, 3.8) is 0 Å². The highest BCUT2D eigenvalue weighted by Crippen LogP contribution is 2.57. The highest BCUT2D eigenvalue weighted by atomic mass is 14.9. The van der Waals surface area contributed by atoms with Crippen molar-refractivity contribution < 1.29 is 0 Å². The number of rotatable bonds is 1. The largest absolute Gasteiger partial charge is 0.316 e. The third-order valence-electron chi connectivity index (χ3n) is 4.00. The summed E-state index contributed by atoms with van der Waals surface area (Å²) in [5, 5.41) is 3.48. The van der Waals surface area contributed by atoms with Crippen LogP contribution in [-0.4, -0.2) is 13.1 Å². The van der Waals surface area contributed by atoms with Crippen molar-refractivity contribution in [3.8, 4) is 0 Å². The predicted octanol–water partition coefficient (Wildman–Crippen LogP) is 2.25. The molecule has 0 radical (unpaired) electrons. The lowest BCUT2D eigenvalue weighted by molar-refractivity contribution is 0.445. The van der Waals surface area contributed by atoms with Gasteiger partial charge in [0.05, 0.1) is 0 Å². The van der Waals surface area contributed by atoms with Crippen molar-refractivity contribution in [3.05, 3.63) is 35.4 Å². The standard InChI is InChI=1S/C13H17N/c1-10-2-4-11(5-3-10)13-6-7-14-9-12(13)8-13/h2-5,12,14H,6-9H2,1H3. The van der Waals surface area contributed by atoms with Gasteiger partial charge in [0.2, 0.25) is 0 Å². The second-order valence-corrected chi connectivity index (χ2v) is 4.88. The Morgan fingerprint density at radius 3 is 2.79 bits per heavy atom. The molecular weight excluding hydrogens is 170 g/mol. The van der Waals surface area contributed by atoms with Crippen LogP contribution in [0.5, 0.6) is 0 Å². The number of aryl methyl sites for hydroxylation is 1. The van der Waals surface area contributed by atoms with Gasteiger partial charge in [-0.25, -0.2) is 0 Å². The minimum Gasteiger partial charge on any atom is -0.316 e. The first-order valence-corrected chi connectivity index (χ1v) is 5.59. The van der Waals surface area contributed by atoms with Crippen LogP contribution in [0.25, 0.3) is 0 Å². The Bertz CT molecular complexity index is 341. The van der Waals surface area contributed by atoms with E-state index in [9.17, 15) is 0 Å². The Kier molecular flexibility index (Phi) is 1.72. The number of nitrogens with one attached hydrogen (secondary N) is 1. The first kappa shape index (κ1) is 8.49. The van der Waals surface area contributed by atoms with Crippen molar-refractivity contribution in [2.75, 3.05) is 13.1 Å². The van der Waals surface area contributed by atoms with Gasteiger partial charge in [0.1, 0.15) is 0 Å². The first-order valence-electron chi connectivity index (χ1n) is 5.59. The zero-order valence-corrected chi connectivity index (χ0v) is 8.72. The number of hydrogen-bond donors (Lipinski definition) is 1. The highest BCUT2D eigenvalue weighted by molar-refractivity contribution is 5.36. The van der Waals surface area contributed by atoms with E-state index in [1.54, 1.807) is 5.56 Å². The Labute approximate surface area is 85.5 Å². The van der Waals surface area contributed by atoms with Gasteiger partial charge in [-0.2, -0.15) is 0 Å². The van der Waals surface area contributed by atoms with Crippen LogP contribution in [0.4, 0.5) is 0 Å². The molecule has 1 aliphatic heterocycles. The highest BCUT2D eigenvalue weighted by Gasteiger charge is 2.55. The Morgan fingerprint density at radius 1 is 1.29 bits per heavy atom. The molecule has 0 aromatic heterocycles. The maximum Gasteiger partial charge on any atom is 0.000912 e. The van der Waals surface area contributed by atoms with E-state index in [-0.39, 0.29) is 0 Å². The Hall–Kier alpha value is -0.820. The molecular formula is C13H17N. The molecule has 3 rings (SSSR count). The summed E-state index contributed by atoms with van der Waals surface area (Å²) >= 11 is 0. The van der Waals surface area contributed by atoms with Crippen LogP contribution in [0, 0.1) is 12.8 Å². The van der Waals surface area contributed by atoms with Crippen LogP contribution < -0.4 is 5.32 Å². The molecule has 1 N–H and O–H groups in total. The summed E-state index contributed by atoms with van der Waals surface area (Å²) in [5.74, 6) is 0.916. The molecule has 2 aliphatic rings. The summed E-state index contributed by atoms with van der Waals surface area (Å²) in [4.78, 5) is 0. The summed E-state index contributed by atoms with van der Waals surface area (Å²) in [6.45, 7) is 4.59. The molecule has 0 spiro atoms. The van der Waals surface area contributed by atoms with E-state index in [2.05, 4.69) is 36.5 Å². The molecule has 1 aromatic carbocycles. The molecule has 1 aliphatic carbocycles. The van der Waals surface area contributed by atoms with Crippen molar-refractivity contribution in [2.45, 2.75) is 25.2 Å². The van der Waals surface area contributed by atoms with Gasteiger partial charge in [-0.05, 0) is 44.3 Å². The molecule has 2 atom stereocenters. The van der Waals surface area contributed by atoms with Crippen molar-refractivity contribution in [1.29, 1.82) is 0 Å². The second-order valence-electron chi connectivity index (χ2n) is 4.88. The maximum absolute atomic E-state index is 3.48. The van der Waals surface area contributed by atoms with Crippen molar-refractivity contribution >= 4 is 0 Å². The van der Waals surface area contributed by atoms with E-state index in [0.717, 1.165) is 5.92 Å². The molecule has 2 unspecified atom stereocenters. The van der Waals surface area contributed by atoms with Gasteiger partial charge in [-0.3, -0.25) is 0 Å². The summed E-state index contributed by atoms with van der Waals surface area (Å²) in [6.07, 6.45) is 2.74. The molecule has 1 saturated heterocycles. The van der Waals surface area contributed by atoms with Gasteiger partial charge in [-0.1, -0.05) is 29.8 Å². The van der Waals surface area contributed by atoms with Gasteiger partial charge in [-0.15, -0.1) is 0 Å². The van der Waals surface area contributed by atoms with Gasteiger partial charge in [0.15, 0.2) is 0 Å². The van der Waals surface area contributed by atoms with Gasteiger partial charge in [0, 0.05) is 5.41 Å². The lowest BCUT2D eigenvalue weighted by atomic mass is 9.87. The molecule has 1 heteroatoms. The molecule has 1 saturated carbocycles. The first-order chi connectivity index (χ1) is 6.81. The molecule has 2 fully saturated rings. The van der Waals surface area contributed by atoms with Crippen molar-refractivity contribution in [2.24, 2.45) is 5.92 Å². The molecule has 1 heterocycles. The smallest absolute Gasteiger partial charge is 0.000912 e. The normalized spacial score (nSPS) is 35.1. The van der Waals surface area contributed by atoms with Crippen LogP contribution >= 0.6 is 0 Å². The average molecular weight is 187 g/mol. The zero-order chi connectivity index (χ0) is 9.60. The number of hydrogen-bond acceptors (Lipinski definition) is 1. The molecule has 1 nitrogen and oxygen atoms in total. The summed E-state index contributed by atoms with van der Waals surface area (Å²) in [6, 6.07) is 9.17. The Morgan fingerprint density at radius 2 is 2.07 bits per heavy atom. The van der Waals surface area contributed by atoms with E-state index in [1.807, 2.05) is 0 Å². The minimum absolute atomic E-state index is 0.568. The van der Waals surface area contributed by atoms with E-state index < -0.39 is 0 Å². The minimum atomic E-state index is 0.568. The predicted molar refractivity (Wildman–Crippen MR) is 58.5 cm³/mol. The lowest BCUT2D eigenvalue weighted by Crippen LogP contribution is -2.31. The maximum atomic E-state index is 3.48. The number of benzene rings is 1. The quantitative estimate of drug-likeness (QED) is 0.711. The number of piperidine rings is 1. The van der Waals surface area contributed by atoms with Crippen LogP contribution in [0.15, 0.2) is 24.3 Å². The van der Waals surface area contributed by atoms with Gasteiger partial charge in [0.25, 0.3) is 0 Å². The van der Waals surface area contributed by atoms with Crippen LogP contribution in [-0.2, 0) is 5.41 Å². The molecule has 14 heavy (non-hydrogen) atoms. The summed E-state index contributed by atoms with van der Waals surface area (Å²) < 4.78 is 0. The Balaban J connectivity index is 1.92. The monoisotopic (exact) mass is 187 g/mol. The fraction of sp³-hybridized carbons (Fsp3) is 0.538. The molecule has 1 aromatic rings. The van der Waals surface area contributed by atoms with E-state index in [4.69, 9.17) is 0 Å². The molecule has 74 valence electrons. The fourth-order valence-electron chi connectivity index (χ4n) is 2.93. The topological polar surface area (TPSA) is 12.0 Å². The van der Waals surface area contributed by atoms with Crippen LogP contribution in [0.2, 0.25) is 0 Å². The van der Waals surface area contributed by atoms with Crippen LogP contribution in [0.3, 0.4) is 0 Å². The van der Waals surface area contributed by atoms with Gasteiger partial charge < -0.3 is 5.32 Å². The SMILES string of the molecule is Cc1ccc(C23CCNCC2C3)cc1. The van der Waals surface area contributed by atoms with Crippen molar-refractivity contribution in [1.82, 2.24) is 5.32 Å². The lowest BCUT2D eigenvalue weighted by Gasteiger charge is -2.23. The fourth-order valence-corrected chi connectivity index (χ4v) is 2.93. The van der Waals surface area contributed by atoms with Gasteiger partial charge >= 0.3 is 0 Å². The summed E-state index contributed by atoms with van der Waals surface area (Å²) in [5.41, 5.74) is 3.52.